The van der Waals surface area contributed by atoms with E-state index >= 15 is 0 Å². The Morgan fingerprint density at radius 2 is 1.88 bits per heavy atom. The van der Waals surface area contributed by atoms with Gasteiger partial charge in [0.15, 0.2) is 5.69 Å². The van der Waals surface area contributed by atoms with Crippen molar-refractivity contribution in [3.05, 3.63) is 70.0 Å². The maximum atomic E-state index is 12.5. The van der Waals surface area contributed by atoms with Gasteiger partial charge in [-0.15, -0.1) is 5.10 Å². The first kappa shape index (κ1) is 17.2. The fourth-order valence-corrected chi connectivity index (χ4v) is 2.69. The highest BCUT2D eigenvalue weighted by molar-refractivity contribution is 6.31. The van der Waals surface area contributed by atoms with Gasteiger partial charge in [-0.3, -0.25) is 4.79 Å². The summed E-state index contributed by atoms with van der Waals surface area (Å²) in [6.45, 7) is 5.83. The number of carbonyl (C=O) groups excluding carboxylic acids is 1. The van der Waals surface area contributed by atoms with Crippen molar-refractivity contribution in [1.82, 2.24) is 15.0 Å². The minimum Gasteiger partial charge on any atom is -0.321 e. The summed E-state index contributed by atoms with van der Waals surface area (Å²) in [7, 11) is 0. The minimum absolute atomic E-state index is 0.286. The van der Waals surface area contributed by atoms with Gasteiger partial charge in [-0.1, -0.05) is 41.9 Å². The van der Waals surface area contributed by atoms with E-state index in [1.165, 1.54) is 5.56 Å². The van der Waals surface area contributed by atoms with E-state index in [-0.39, 0.29) is 11.6 Å². The molecule has 2 aromatic carbocycles. The lowest BCUT2D eigenvalue weighted by Crippen LogP contribution is -2.14. The summed E-state index contributed by atoms with van der Waals surface area (Å²) in [6.07, 6.45) is 0.959. The molecule has 0 aliphatic rings. The molecule has 0 aliphatic carbocycles. The van der Waals surface area contributed by atoms with E-state index in [4.69, 9.17) is 11.6 Å². The monoisotopic (exact) mass is 354 g/mol. The molecule has 3 rings (SSSR count). The van der Waals surface area contributed by atoms with Gasteiger partial charge in [-0.2, -0.15) is 0 Å². The van der Waals surface area contributed by atoms with Gasteiger partial charge in [0.2, 0.25) is 0 Å². The zero-order chi connectivity index (χ0) is 18.0. The van der Waals surface area contributed by atoms with Crippen molar-refractivity contribution >= 4 is 23.2 Å². The molecule has 0 saturated carbocycles. The van der Waals surface area contributed by atoms with E-state index in [2.05, 4.69) is 22.6 Å². The summed E-state index contributed by atoms with van der Waals surface area (Å²) >= 11 is 6.18. The van der Waals surface area contributed by atoms with Crippen molar-refractivity contribution in [2.45, 2.75) is 27.2 Å². The number of hydrogen-bond donors (Lipinski definition) is 1. The Hall–Kier alpha value is -2.66. The number of aryl methyl sites for hydroxylation is 2. The van der Waals surface area contributed by atoms with Gasteiger partial charge in [-0.05, 0) is 55.7 Å². The van der Waals surface area contributed by atoms with E-state index in [1.54, 1.807) is 4.68 Å². The van der Waals surface area contributed by atoms with Crippen molar-refractivity contribution in [3.63, 3.8) is 0 Å². The number of nitrogens with zero attached hydrogens (tertiary/aromatic N) is 3. The zero-order valence-corrected chi connectivity index (χ0v) is 15.1. The molecular formula is C19H19ClN4O. The smallest absolute Gasteiger partial charge is 0.278 e. The molecule has 1 N–H and O–H groups in total. The van der Waals surface area contributed by atoms with Crippen molar-refractivity contribution in [1.29, 1.82) is 0 Å². The second kappa shape index (κ2) is 7.07. The fraction of sp³-hybridized carbons (Fsp3) is 0.211. The van der Waals surface area contributed by atoms with Crippen LogP contribution in [0.1, 0.15) is 34.2 Å². The van der Waals surface area contributed by atoms with Crippen LogP contribution in [0.25, 0.3) is 5.69 Å². The summed E-state index contributed by atoms with van der Waals surface area (Å²) in [5, 5.41) is 11.6. The lowest BCUT2D eigenvalue weighted by molar-refractivity contribution is 0.102. The van der Waals surface area contributed by atoms with E-state index < -0.39 is 0 Å². The largest absolute Gasteiger partial charge is 0.321 e. The maximum absolute atomic E-state index is 12.5. The van der Waals surface area contributed by atoms with Crippen LogP contribution in [0.3, 0.4) is 0 Å². The highest BCUT2D eigenvalue weighted by Gasteiger charge is 2.17. The summed E-state index contributed by atoms with van der Waals surface area (Å²) in [5.41, 5.74) is 4.65. The number of amides is 1. The number of anilines is 1. The number of aromatic nitrogens is 3. The number of nitrogens with one attached hydrogen (secondary N) is 1. The lowest BCUT2D eigenvalue weighted by Gasteiger charge is -2.07. The number of carbonyl (C=O) groups is 1. The Bertz CT molecular complexity index is 916. The summed E-state index contributed by atoms with van der Waals surface area (Å²) in [4.78, 5) is 12.5. The normalized spacial score (nSPS) is 10.7. The van der Waals surface area contributed by atoms with Crippen molar-refractivity contribution in [2.75, 3.05) is 5.32 Å². The molecule has 0 aliphatic heterocycles. The quantitative estimate of drug-likeness (QED) is 0.757. The first-order chi connectivity index (χ1) is 12.0. The maximum Gasteiger partial charge on any atom is 0.278 e. The summed E-state index contributed by atoms with van der Waals surface area (Å²) < 4.78 is 1.61. The van der Waals surface area contributed by atoms with Crippen LogP contribution in [0, 0.1) is 13.8 Å². The third-order valence-electron chi connectivity index (χ3n) is 4.13. The lowest BCUT2D eigenvalue weighted by atomic mass is 10.1. The van der Waals surface area contributed by atoms with Crippen LogP contribution in [-0.2, 0) is 6.42 Å². The number of halogens is 1. The van der Waals surface area contributed by atoms with Gasteiger partial charge in [-0.25, -0.2) is 4.68 Å². The van der Waals surface area contributed by atoms with Crippen LogP contribution >= 0.6 is 11.6 Å². The van der Waals surface area contributed by atoms with E-state index in [9.17, 15) is 4.79 Å². The van der Waals surface area contributed by atoms with Gasteiger partial charge < -0.3 is 5.32 Å². The predicted octanol–water partition coefficient (Wildman–Crippen LogP) is 4.35. The van der Waals surface area contributed by atoms with Crippen molar-refractivity contribution < 1.29 is 4.79 Å². The Morgan fingerprint density at radius 3 is 2.52 bits per heavy atom. The molecule has 6 heteroatoms. The Balaban J connectivity index is 1.84. The van der Waals surface area contributed by atoms with Crippen LogP contribution in [0.2, 0.25) is 5.02 Å². The molecule has 0 fully saturated rings. The number of hydrogen-bond acceptors (Lipinski definition) is 3. The Kier molecular flexibility index (Phi) is 4.86. The average molecular weight is 355 g/mol. The summed E-state index contributed by atoms with van der Waals surface area (Å²) in [5.74, 6) is -0.286. The molecule has 1 aromatic heterocycles. The van der Waals surface area contributed by atoms with E-state index in [1.807, 2.05) is 56.3 Å². The highest BCUT2D eigenvalue weighted by atomic mass is 35.5. The van der Waals surface area contributed by atoms with E-state index in [0.717, 1.165) is 23.4 Å². The van der Waals surface area contributed by atoms with Gasteiger partial charge >= 0.3 is 0 Å². The van der Waals surface area contributed by atoms with Gasteiger partial charge in [0.1, 0.15) is 0 Å². The Morgan fingerprint density at radius 1 is 1.16 bits per heavy atom. The first-order valence-corrected chi connectivity index (χ1v) is 8.46. The molecule has 0 saturated heterocycles. The second-order valence-electron chi connectivity index (χ2n) is 5.87. The fourth-order valence-electron chi connectivity index (χ4n) is 2.51. The highest BCUT2D eigenvalue weighted by Crippen LogP contribution is 2.21. The zero-order valence-electron chi connectivity index (χ0n) is 14.4. The molecule has 3 aromatic rings. The third kappa shape index (κ3) is 3.56. The van der Waals surface area contributed by atoms with Gasteiger partial charge in [0.05, 0.1) is 11.4 Å². The van der Waals surface area contributed by atoms with Gasteiger partial charge in [0.25, 0.3) is 5.91 Å². The molecule has 1 amide bonds. The van der Waals surface area contributed by atoms with Crippen LogP contribution < -0.4 is 5.32 Å². The first-order valence-electron chi connectivity index (χ1n) is 8.08. The minimum atomic E-state index is -0.286. The van der Waals surface area contributed by atoms with Crippen LogP contribution in [-0.4, -0.2) is 20.9 Å². The van der Waals surface area contributed by atoms with Gasteiger partial charge in [0, 0.05) is 10.7 Å². The molecule has 0 atom stereocenters. The second-order valence-corrected chi connectivity index (χ2v) is 6.28. The molecule has 5 nitrogen and oxygen atoms in total. The van der Waals surface area contributed by atoms with E-state index in [0.29, 0.717) is 10.7 Å². The van der Waals surface area contributed by atoms with Crippen LogP contribution in [0.15, 0.2) is 42.5 Å². The molecule has 0 bridgehead atoms. The average Bonchev–Trinajstić information content (AvgIpc) is 2.99. The topological polar surface area (TPSA) is 59.8 Å². The molecule has 128 valence electrons. The van der Waals surface area contributed by atoms with Crippen molar-refractivity contribution in [2.24, 2.45) is 0 Å². The molecule has 0 unspecified atom stereocenters. The van der Waals surface area contributed by atoms with Crippen molar-refractivity contribution in [3.8, 4) is 5.69 Å². The number of rotatable bonds is 4. The number of benzene rings is 2. The third-order valence-corrected chi connectivity index (χ3v) is 4.54. The van der Waals surface area contributed by atoms with Crippen LogP contribution in [0.4, 0.5) is 5.69 Å². The van der Waals surface area contributed by atoms with Crippen LogP contribution in [0.5, 0.6) is 0 Å². The summed E-state index contributed by atoms with van der Waals surface area (Å²) in [6, 6.07) is 13.4. The molecular weight excluding hydrogens is 336 g/mol. The molecule has 1 heterocycles. The standard InChI is InChI=1S/C19H19ClN4O/c1-4-14-6-8-15(9-7-14)21-19(25)18-13(3)24(23-22-18)16-10-5-12(2)17(20)11-16/h5-11H,4H2,1-3H3,(H,21,25). The predicted molar refractivity (Wildman–Crippen MR) is 99.6 cm³/mol. The molecule has 0 radical (unpaired) electrons. The SMILES string of the molecule is CCc1ccc(NC(=O)c2nnn(-c3ccc(C)c(Cl)c3)c2C)cc1. The molecule has 0 spiro atoms. The Labute approximate surface area is 151 Å². The molecule has 25 heavy (non-hydrogen) atoms.